The Morgan fingerprint density at radius 2 is 1.93 bits per heavy atom. The van der Waals surface area contributed by atoms with Crippen LogP contribution in [0.5, 0.6) is 0 Å². The fraction of sp³-hybridized carbons (Fsp3) is 0.333. The molecule has 2 N–H and O–H groups in total. The van der Waals surface area contributed by atoms with Crippen LogP contribution in [0.3, 0.4) is 0 Å². The van der Waals surface area contributed by atoms with Crippen LogP contribution in [0.25, 0.3) is 0 Å². The Labute approximate surface area is 103 Å². The first kappa shape index (κ1) is 14.6. The second-order valence-electron chi connectivity index (χ2n) is 3.54. The first-order valence-corrected chi connectivity index (χ1v) is 5.90. The standard InChI is InChI=1S/C12H17NS.ClH/c1-9(2)8-12(13)10-4-6-11(14-3)7-5-10;/h4-7,12H,1,8,13H2,2-3H3;1H/t12-;/m0./s1. The molecule has 0 fully saturated rings. The van der Waals surface area contributed by atoms with Gasteiger partial charge in [0.2, 0.25) is 0 Å². The van der Waals surface area contributed by atoms with Gasteiger partial charge in [0.1, 0.15) is 0 Å². The van der Waals surface area contributed by atoms with Crippen molar-refractivity contribution in [3.05, 3.63) is 42.0 Å². The molecule has 84 valence electrons. The molecular formula is C12H18ClNS. The summed E-state index contributed by atoms with van der Waals surface area (Å²) in [4.78, 5) is 1.27. The minimum absolute atomic E-state index is 0. The highest BCUT2D eigenvalue weighted by molar-refractivity contribution is 7.98. The molecule has 1 nitrogen and oxygen atoms in total. The normalized spacial score (nSPS) is 11.7. The molecule has 0 aromatic heterocycles. The Morgan fingerprint density at radius 1 is 1.40 bits per heavy atom. The summed E-state index contributed by atoms with van der Waals surface area (Å²) >= 11 is 1.74. The summed E-state index contributed by atoms with van der Waals surface area (Å²) in [6.07, 6.45) is 2.93. The summed E-state index contributed by atoms with van der Waals surface area (Å²) in [6, 6.07) is 8.50. The Bertz CT molecular complexity index is 308. The second kappa shape index (κ2) is 6.94. The molecule has 0 aliphatic carbocycles. The van der Waals surface area contributed by atoms with Gasteiger partial charge in [-0.2, -0.15) is 0 Å². The van der Waals surface area contributed by atoms with Crippen LogP contribution >= 0.6 is 24.2 Å². The van der Waals surface area contributed by atoms with E-state index in [1.54, 1.807) is 11.8 Å². The lowest BCUT2D eigenvalue weighted by Gasteiger charge is -2.11. The van der Waals surface area contributed by atoms with Crippen LogP contribution in [0.4, 0.5) is 0 Å². The summed E-state index contributed by atoms with van der Waals surface area (Å²) < 4.78 is 0. The van der Waals surface area contributed by atoms with Gasteiger partial charge in [0.25, 0.3) is 0 Å². The number of hydrogen-bond donors (Lipinski definition) is 1. The molecule has 0 spiro atoms. The Balaban J connectivity index is 0.00000196. The van der Waals surface area contributed by atoms with Crippen molar-refractivity contribution in [1.82, 2.24) is 0 Å². The third kappa shape index (κ3) is 4.74. The van der Waals surface area contributed by atoms with Crippen LogP contribution < -0.4 is 5.73 Å². The maximum atomic E-state index is 6.02. The van der Waals surface area contributed by atoms with Gasteiger partial charge in [-0.15, -0.1) is 30.7 Å². The van der Waals surface area contributed by atoms with Crippen LogP contribution in [0.2, 0.25) is 0 Å². The van der Waals surface area contributed by atoms with Gasteiger partial charge in [-0.1, -0.05) is 17.7 Å². The summed E-state index contributed by atoms with van der Waals surface area (Å²) in [6.45, 7) is 5.88. The lowest BCUT2D eigenvalue weighted by atomic mass is 10.0. The Hall–Kier alpha value is -0.440. The summed E-state index contributed by atoms with van der Waals surface area (Å²) in [5, 5.41) is 0. The van der Waals surface area contributed by atoms with Crippen LogP contribution in [-0.2, 0) is 0 Å². The van der Waals surface area contributed by atoms with Crippen molar-refractivity contribution in [3.63, 3.8) is 0 Å². The van der Waals surface area contributed by atoms with Crippen molar-refractivity contribution in [2.45, 2.75) is 24.3 Å². The smallest absolute Gasteiger partial charge is 0.0332 e. The highest BCUT2D eigenvalue weighted by atomic mass is 35.5. The van der Waals surface area contributed by atoms with Crippen LogP contribution in [0, 0.1) is 0 Å². The first-order chi connectivity index (χ1) is 6.63. The molecule has 3 heteroatoms. The molecule has 1 atom stereocenters. The molecule has 0 unspecified atom stereocenters. The van der Waals surface area contributed by atoms with E-state index in [2.05, 4.69) is 37.1 Å². The van der Waals surface area contributed by atoms with Crippen molar-refractivity contribution in [1.29, 1.82) is 0 Å². The van der Waals surface area contributed by atoms with Crippen LogP contribution in [0.1, 0.15) is 24.9 Å². The lowest BCUT2D eigenvalue weighted by Crippen LogP contribution is -2.10. The van der Waals surface area contributed by atoms with Crippen LogP contribution in [0.15, 0.2) is 41.3 Å². The highest BCUT2D eigenvalue weighted by Gasteiger charge is 2.05. The molecule has 0 radical (unpaired) electrons. The lowest BCUT2D eigenvalue weighted by molar-refractivity contribution is 0.716. The molecule has 0 amide bonds. The molecule has 0 bridgehead atoms. The van der Waals surface area contributed by atoms with E-state index in [-0.39, 0.29) is 18.4 Å². The predicted molar refractivity (Wildman–Crippen MR) is 71.8 cm³/mol. The van der Waals surface area contributed by atoms with E-state index in [1.807, 2.05) is 6.92 Å². The number of hydrogen-bond acceptors (Lipinski definition) is 2. The van der Waals surface area contributed by atoms with Gasteiger partial charge < -0.3 is 5.73 Å². The third-order valence-corrected chi connectivity index (χ3v) is 2.86. The molecule has 0 saturated heterocycles. The predicted octanol–water partition coefficient (Wildman–Crippen LogP) is 3.80. The second-order valence-corrected chi connectivity index (χ2v) is 4.42. The zero-order valence-corrected chi connectivity index (χ0v) is 10.8. The quantitative estimate of drug-likeness (QED) is 0.643. The van der Waals surface area contributed by atoms with E-state index in [4.69, 9.17) is 5.73 Å². The maximum absolute atomic E-state index is 6.02. The van der Waals surface area contributed by atoms with E-state index >= 15 is 0 Å². The van der Waals surface area contributed by atoms with Gasteiger partial charge in [0, 0.05) is 10.9 Å². The number of rotatable bonds is 4. The van der Waals surface area contributed by atoms with Crippen molar-refractivity contribution in [3.8, 4) is 0 Å². The van der Waals surface area contributed by atoms with Gasteiger partial charge in [-0.3, -0.25) is 0 Å². The van der Waals surface area contributed by atoms with E-state index in [0.29, 0.717) is 0 Å². The van der Waals surface area contributed by atoms with Crippen LogP contribution in [-0.4, -0.2) is 6.26 Å². The minimum atomic E-state index is 0. The summed E-state index contributed by atoms with van der Waals surface area (Å²) in [5.41, 5.74) is 8.34. The van der Waals surface area contributed by atoms with E-state index in [9.17, 15) is 0 Å². The zero-order valence-electron chi connectivity index (χ0n) is 9.19. The van der Waals surface area contributed by atoms with E-state index in [0.717, 1.165) is 12.0 Å². The molecule has 0 aliphatic heterocycles. The van der Waals surface area contributed by atoms with E-state index in [1.165, 1.54) is 10.5 Å². The molecular weight excluding hydrogens is 226 g/mol. The molecule has 0 heterocycles. The molecule has 15 heavy (non-hydrogen) atoms. The number of thioether (sulfide) groups is 1. The first-order valence-electron chi connectivity index (χ1n) is 4.67. The number of benzene rings is 1. The van der Waals surface area contributed by atoms with E-state index < -0.39 is 0 Å². The van der Waals surface area contributed by atoms with Gasteiger partial charge >= 0.3 is 0 Å². The van der Waals surface area contributed by atoms with Gasteiger partial charge in [-0.25, -0.2) is 0 Å². The molecule has 0 saturated carbocycles. The summed E-state index contributed by atoms with van der Waals surface area (Å²) in [5.74, 6) is 0. The van der Waals surface area contributed by atoms with Gasteiger partial charge in [0.05, 0.1) is 0 Å². The fourth-order valence-corrected chi connectivity index (χ4v) is 1.75. The van der Waals surface area contributed by atoms with Crippen molar-refractivity contribution >= 4 is 24.2 Å². The monoisotopic (exact) mass is 243 g/mol. The van der Waals surface area contributed by atoms with Gasteiger partial charge in [-0.05, 0) is 37.3 Å². The average Bonchev–Trinajstić information content (AvgIpc) is 2.17. The number of halogens is 1. The third-order valence-electron chi connectivity index (χ3n) is 2.11. The Morgan fingerprint density at radius 3 is 2.33 bits per heavy atom. The minimum Gasteiger partial charge on any atom is -0.324 e. The maximum Gasteiger partial charge on any atom is 0.0332 e. The summed E-state index contributed by atoms with van der Waals surface area (Å²) in [7, 11) is 0. The average molecular weight is 244 g/mol. The SMILES string of the molecule is C=C(C)C[C@H](N)c1ccc(SC)cc1.Cl. The van der Waals surface area contributed by atoms with Gasteiger partial charge in [0.15, 0.2) is 0 Å². The number of nitrogens with two attached hydrogens (primary N) is 1. The molecule has 1 aromatic rings. The Kier molecular flexibility index (Phi) is 6.73. The fourth-order valence-electron chi connectivity index (χ4n) is 1.34. The largest absolute Gasteiger partial charge is 0.324 e. The topological polar surface area (TPSA) is 26.0 Å². The van der Waals surface area contributed by atoms with Crippen molar-refractivity contribution in [2.24, 2.45) is 5.73 Å². The molecule has 1 rings (SSSR count). The van der Waals surface area contributed by atoms with Crippen molar-refractivity contribution < 1.29 is 0 Å². The van der Waals surface area contributed by atoms with Crippen molar-refractivity contribution in [2.75, 3.05) is 6.26 Å². The zero-order chi connectivity index (χ0) is 10.6. The highest BCUT2D eigenvalue weighted by Crippen LogP contribution is 2.21. The molecule has 1 aromatic carbocycles. The molecule has 0 aliphatic rings.